The minimum atomic E-state index is -0.458. The second-order valence-corrected chi connectivity index (χ2v) is 8.03. The zero-order chi connectivity index (χ0) is 21.7. The normalized spacial score (nSPS) is 16.2. The maximum atomic E-state index is 12.3. The first-order valence-corrected chi connectivity index (χ1v) is 10.6. The van der Waals surface area contributed by atoms with E-state index in [0.29, 0.717) is 24.0 Å². The van der Waals surface area contributed by atoms with Gasteiger partial charge in [0.1, 0.15) is 11.6 Å². The van der Waals surface area contributed by atoms with E-state index in [1.807, 2.05) is 38.1 Å². The summed E-state index contributed by atoms with van der Waals surface area (Å²) in [4.78, 5) is 30.6. The first kappa shape index (κ1) is 21.7. The number of rotatable bonds is 6. The molecule has 30 heavy (non-hydrogen) atoms. The van der Waals surface area contributed by atoms with Crippen molar-refractivity contribution in [2.75, 3.05) is 18.1 Å². The number of nitrogens with one attached hydrogen (secondary N) is 1. The molecular weight excluding hydrogens is 400 g/mol. The van der Waals surface area contributed by atoms with Gasteiger partial charge < -0.3 is 10.1 Å². The van der Waals surface area contributed by atoms with Crippen molar-refractivity contribution in [1.29, 1.82) is 5.26 Å². The van der Waals surface area contributed by atoms with Crippen molar-refractivity contribution in [2.24, 2.45) is 0 Å². The van der Waals surface area contributed by atoms with Crippen LogP contribution in [0.2, 0.25) is 0 Å². The number of nitriles is 1. The van der Waals surface area contributed by atoms with Gasteiger partial charge in [0.05, 0.1) is 17.5 Å². The fourth-order valence-electron chi connectivity index (χ4n) is 3.14. The molecule has 1 atom stereocenters. The van der Waals surface area contributed by atoms with Gasteiger partial charge in [0, 0.05) is 25.5 Å². The maximum absolute atomic E-state index is 12.3. The summed E-state index contributed by atoms with van der Waals surface area (Å²) in [6.45, 7) is 6.56. The standard InChI is InChI=1S/C22H24N4O3S/c1-14-6-7-19(9-15(14)2)26(16(3)27)22-25-18(13-30-22)10-17(11-23)21(28)24-12-20-5-4-8-29-20/h6-7,9-10,13,20H,4-5,8,12H2,1-3H3,(H,24,28)/b17-10+. The van der Waals surface area contributed by atoms with E-state index in [2.05, 4.69) is 10.3 Å². The number of thiazole rings is 1. The van der Waals surface area contributed by atoms with Crippen LogP contribution in [0.3, 0.4) is 0 Å². The molecule has 1 N–H and O–H groups in total. The van der Waals surface area contributed by atoms with E-state index in [1.165, 1.54) is 29.2 Å². The Morgan fingerprint density at radius 3 is 2.83 bits per heavy atom. The van der Waals surface area contributed by atoms with E-state index in [4.69, 9.17) is 4.74 Å². The van der Waals surface area contributed by atoms with Gasteiger partial charge in [0.2, 0.25) is 5.91 Å². The molecule has 1 aromatic carbocycles. The molecule has 1 saturated heterocycles. The Balaban J connectivity index is 1.78. The molecule has 1 aliphatic rings. The van der Waals surface area contributed by atoms with Crippen LogP contribution in [0, 0.1) is 25.2 Å². The van der Waals surface area contributed by atoms with Crippen LogP contribution < -0.4 is 10.2 Å². The maximum Gasteiger partial charge on any atom is 0.262 e. The fraction of sp³-hybridized carbons (Fsp3) is 0.364. The number of amides is 2. The van der Waals surface area contributed by atoms with Crippen molar-refractivity contribution in [3.8, 4) is 6.07 Å². The third-order valence-corrected chi connectivity index (χ3v) is 5.78. The predicted molar refractivity (Wildman–Crippen MR) is 116 cm³/mol. The van der Waals surface area contributed by atoms with Crippen LogP contribution in [0.25, 0.3) is 6.08 Å². The molecule has 2 heterocycles. The van der Waals surface area contributed by atoms with Crippen LogP contribution in [-0.4, -0.2) is 36.1 Å². The molecule has 1 aliphatic heterocycles. The van der Waals surface area contributed by atoms with Crippen molar-refractivity contribution in [1.82, 2.24) is 10.3 Å². The summed E-state index contributed by atoms with van der Waals surface area (Å²) in [5, 5.41) is 14.3. The molecule has 156 valence electrons. The summed E-state index contributed by atoms with van der Waals surface area (Å²) in [5.74, 6) is -0.627. The summed E-state index contributed by atoms with van der Waals surface area (Å²) < 4.78 is 5.48. The van der Waals surface area contributed by atoms with Crippen LogP contribution in [0.5, 0.6) is 0 Å². The van der Waals surface area contributed by atoms with Crippen molar-refractivity contribution < 1.29 is 14.3 Å². The second kappa shape index (κ2) is 9.65. The van der Waals surface area contributed by atoms with E-state index >= 15 is 0 Å². The van der Waals surface area contributed by atoms with Crippen molar-refractivity contribution in [3.63, 3.8) is 0 Å². The zero-order valence-corrected chi connectivity index (χ0v) is 18.1. The van der Waals surface area contributed by atoms with E-state index in [0.717, 1.165) is 29.7 Å². The molecule has 0 spiro atoms. The average Bonchev–Trinajstić information content (AvgIpc) is 3.39. The predicted octanol–water partition coefficient (Wildman–Crippen LogP) is 3.65. The van der Waals surface area contributed by atoms with Crippen LogP contribution in [0.4, 0.5) is 10.8 Å². The number of carbonyl (C=O) groups excluding carboxylic acids is 2. The van der Waals surface area contributed by atoms with Crippen molar-refractivity contribution in [2.45, 2.75) is 39.7 Å². The number of hydrogen-bond acceptors (Lipinski definition) is 6. The molecule has 0 bridgehead atoms. The van der Waals surface area contributed by atoms with Gasteiger partial charge in [-0.3, -0.25) is 14.5 Å². The second-order valence-electron chi connectivity index (χ2n) is 7.19. The minimum absolute atomic E-state index is 0.00172. The average molecular weight is 425 g/mol. The molecule has 2 aromatic rings. The van der Waals surface area contributed by atoms with Gasteiger partial charge in [0.25, 0.3) is 5.91 Å². The number of hydrogen-bond donors (Lipinski definition) is 1. The number of benzene rings is 1. The van der Waals surface area contributed by atoms with Crippen LogP contribution >= 0.6 is 11.3 Å². The molecule has 1 fully saturated rings. The van der Waals surface area contributed by atoms with E-state index in [9.17, 15) is 14.9 Å². The fourth-order valence-corrected chi connectivity index (χ4v) is 3.98. The Morgan fingerprint density at radius 1 is 1.40 bits per heavy atom. The SMILES string of the molecule is CC(=O)N(c1ccc(C)c(C)c1)c1nc(/C=C(\C#N)C(=O)NCC2CCCO2)cs1. The minimum Gasteiger partial charge on any atom is -0.376 e. The third kappa shape index (κ3) is 5.12. The monoisotopic (exact) mass is 424 g/mol. The number of anilines is 2. The van der Waals surface area contributed by atoms with E-state index < -0.39 is 5.91 Å². The summed E-state index contributed by atoms with van der Waals surface area (Å²) in [5.41, 5.74) is 3.35. The smallest absolute Gasteiger partial charge is 0.262 e. The third-order valence-electron chi connectivity index (χ3n) is 4.94. The topological polar surface area (TPSA) is 95.3 Å². The van der Waals surface area contributed by atoms with Crippen LogP contribution in [0.15, 0.2) is 29.2 Å². The van der Waals surface area contributed by atoms with Crippen molar-refractivity contribution >= 4 is 40.0 Å². The Bertz CT molecular complexity index is 1020. The van der Waals surface area contributed by atoms with Gasteiger partial charge in [-0.1, -0.05) is 6.07 Å². The van der Waals surface area contributed by atoms with Gasteiger partial charge >= 0.3 is 0 Å². The molecule has 0 saturated carbocycles. The number of nitrogens with zero attached hydrogens (tertiary/aromatic N) is 3. The number of carbonyl (C=O) groups is 2. The first-order valence-electron chi connectivity index (χ1n) is 9.74. The number of aromatic nitrogens is 1. The lowest BCUT2D eigenvalue weighted by molar-refractivity contribution is -0.117. The van der Waals surface area contributed by atoms with Crippen molar-refractivity contribution in [3.05, 3.63) is 46.0 Å². The largest absolute Gasteiger partial charge is 0.376 e. The summed E-state index contributed by atoms with van der Waals surface area (Å²) in [7, 11) is 0. The lowest BCUT2D eigenvalue weighted by atomic mass is 10.1. The van der Waals surface area contributed by atoms with Crippen LogP contribution in [0.1, 0.15) is 36.6 Å². The lowest BCUT2D eigenvalue weighted by Gasteiger charge is -2.19. The molecule has 0 aliphatic carbocycles. The molecule has 0 radical (unpaired) electrons. The lowest BCUT2D eigenvalue weighted by Crippen LogP contribution is -2.32. The van der Waals surface area contributed by atoms with E-state index in [1.54, 1.807) is 5.38 Å². The summed E-state index contributed by atoms with van der Waals surface area (Å²) in [6.07, 6.45) is 3.32. The molecule has 8 heteroatoms. The summed E-state index contributed by atoms with van der Waals surface area (Å²) >= 11 is 1.28. The molecule has 1 unspecified atom stereocenters. The van der Waals surface area contributed by atoms with Gasteiger partial charge in [0.15, 0.2) is 5.13 Å². The van der Waals surface area contributed by atoms with Gasteiger partial charge in [-0.05, 0) is 56.0 Å². The Hall–Kier alpha value is -3.02. The highest BCUT2D eigenvalue weighted by molar-refractivity contribution is 7.14. The highest BCUT2D eigenvalue weighted by Gasteiger charge is 2.20. The van der Waals surface area contributed by atoms with E-state index in [-0.39, 0.29) is 17.6 Å². The highest BCUT2D eigenvalue weighted by atomic mass is 32.1. The van der Waals surface area contributed by atoms with Gasteiger partial charge in [-0.2, -0.15) is 5.26 Å². The van der Waals surface area contributed by atoms with Gasteiger partial charge in [-0.25, -0.2) is 4.98 Å². The van der Waals surface area contributed by atoms with Gasteiger partial charge in [-0.15, -0.1) is 11.3 Å². The molecule has 2 amide bonds. The number of ether oxygens (including phenoxy) is 1. The molecular formula is C22H24N4O3S. The zero-order valence-electron chi connectivity index (χ0n) is 17.3. The Kier molecular flexibility index (Phi) is 6.98. The first-order chi connectivity index (χ1) is 14.4. The molecule has 1 aromatic heterocycles. The Labute approximate surface area is 180 Å². The Morgan fingerprint density at radius 2 is 2.20 bits per heavy atom. The molecule has 7 nitrogen and oxygen atoms in total. The highest BCUT2D eigenvalue weighted by Crippen LogP contribution is 2.30. The quantitative estimate of drug-likeness (QED) is 0.564. The number of aryl methyl sites for hydroxylation is 2. The van der Waals surface area contributed by atoms with Crippen LogP contribution in [-0.2, 0) is 14.3 Å². The summed E-state index contributed by atoms with van der Waals surface area (Å²) in [6, 6.07) is 7.70. The molecule has 3 rings (SSSR count).